The van der Waals surface area contributed by atoms with Gasteiger partial charge in [-0.1, -0.05) is 12.1 Å². The van der Waals surface area contributed by atoms with Crippen LogP contribution in [0.15, 0.2) is 48.5 Å². The minimum absolute atomic E-state index is 0.0327. The maximum Gasteiger partial charge on any atom is 0.251 e. The van der Waals surface area contributed by atoms with Gasteiger partial charge < -0.3 is 10.6 Å². The molecule has 2 rings (SSSR count). The molecule has 0 aliphatic carbocycles. The minimum Gasteiger partial charge on any atom is -0.379 e. The molecule has 0 aliphatic heterocycles. The number of amides is 1. The van der Waals surface area contributed by atoms with Crippen LogP contribution in [0.4, 0.5) is 5.69 Å². The standard InChI is InChI=1S/C17H19IN2O/c1-3-19-17(21)14-6-10-16(11-7-14)20-12(2)13-4-8-15(18)9-5-13/h4-12,20H,3H2,1-2H3,(H,19,21). The highest BCUT2D eigenvalue weighted by atomic mass is 127. The topological polar surface area (TPSA) is 41.1 Å². The van der Waals surface area contributed by atoms with Crippen molar-refractivity contribution in [1.29, 1.82) is 0 Å². The van der Waals surface area contributed by atoms with Crippen molar-refractivity contribution in [3.05, 3.63) is 63.2 Å². The van der Waals surface area contributed by atoms with Crippen LogP contribution in [-0.2, 0) is 0 Å². The molecule has 21 heavy (non-hydrogen) atoms. The summed E-state index contributed by atoms with van der Waals surface area (Å²) in [5.74, 6) is -0.0327. The van der Waals surface area contributed by atoms with E-state index >= 15 is 0 Å². The van der Waals surface area contributed by atoms with Crippen molar-refractivity contribution < 1.29 is 4.79 Å². The first kappa shape index (κ1) is 15.8. The molecular weight excluding hydrogens is 375 g/mol. The number of hydrogen-bond donors (Lipinski definition) is 2. The van der Waals surface area contributed by atoms with Crippen LogP contribution in [0.3, 0.4) is 0 Å². The van der Waals surface area contributed by atoms with Gasteiger partial charge in [-0.3, -0.25) is 4.79 Å². The van der Waals surface area contributed by atoms with Crippen LogP contribution in [-0.4, -0.2) is 12.5 Å². The van der Waals surface area contributed by atoms with Crippen LogP contribution >= 0.6 is 22.6 Å². The molecule has 2 aromatic carbocycles. The summed E-state index contributed by atoms with van der Waals surface area (Å²) in [7, 11) is 0. The van der Waals surface area contributed by atoms with Gasteiger partial charge in [-0.25, -0.2) is 0 Å². The van der Waals surface area contributed by atoms with E-state index in [0.717, 1.165) is 5.69 Å². The zero-order valence-electron chi connectivity index (χ0n) is 12.2. The Kier molecular flexibility index (Phi) is 5.61. The van der Waals surface area contributed by atoms with Gasteiger partial charge >= 0.3 is 0 Å². The minimum atomic E-state index is -0.0327. The van der Waals surface area contributed by atoms with E-state index in [2.05, 4.69) is 64.4 Å². The van der Waals surface area contributed by atoms with Crippen LogP contribution in [0.25, 0.3) is 0 Å². The fourth-order valence-corrected chi connectivity index (χ4v) is 2.42. The Hall–Kier alpha value is -1.56. The van der Waals surface area contributed by atoms with Gasteiger partial charge in [-0.15, -0.1) is 0 Å². The second-order valence-electron chi connectivity index (χ2n) is 4.85. The van der Waals surface area contributed by atoms with Gasteiger partial charge in [-0.2, -0.15) is 0 Å². The first-order chi connectivity index (χ1) is 10.1. The summed E-state index contributed by atoms with van der Waals surface area (Å²) in [4.78, 5) is 11.7. The van der Waals surface area contributed by atoms with E-state index in [4.69, 9.17) is 0 Å². The summed E-state index contributed by atoms with van der Waals surface area (Å²) >= 11 is 2.30. The molecular formula is C17H19IN2O. The van der Waals surface area contributed by atoms with Crippen molar-refractivity contribution >= 4 is 34.2 Å². The van der Waals surface area contributed by atoms with Gasteiger partial charge in [0, 0.05) is 27.4 Å². The van der Waals surface area contributed by atoms with Crippen LogP contribution < -0.4 is 10.6 Å². The average molecular weight is 394 g/mol. The summed E-state index contributed by atoms with van der Waals surface area (Å²) in [6.07, 6.45) is 0. The number of nitrogens with one attached hydrogen (secondary N) is 2. The summed E-state index contributed by atoms with van der Waals surface area (Å²) < 4.78 is 1.23. The van der Waals surface area contributed by atoms with Crippen LogP contribution in [0.5, 0.6) is 0 Å². The smallest absolute Gasteiger partial charge is 0.251 e. The maximum absolute atomic E-state index is 11.7. The summed E-state index contributed by atoms with van der Waals surface area (Å²) in [5, 5.41) is 6.23. The van der Waals surface area contributed by atoms with Crippen molar-refractivity contribution in [2.45, 2.75) is 19.9 Å². The third kappa shape index (κ3) is 4.46. The van der Waals surface area contributed by atoms with Gasteiger partial charge in [0.1, 0.15) is 0 Å². The molecule has 0 aliphatic rings. The monoisotopic (exact) mass is 394 g/mol. The Bertz CT molecular complexity index is 593. The first-order valence-corrected chi connectivity index (χ1v) is 8.08. The van der Waals surface area contributed by atoms with E-state index in [9.17, 15) is 4.79 Å². The Morgan fingerprint density at radius 1 is 1.10 bits per heavy atom. The van der Waals surface area contributed by atoms with Gasteiger partial charge in [0.2, 0.25) is 0 Å². The SMILES string of the molecule is CCNC(=O)c1ccc(NC(C)c2ccc(I)cc2)cc1. The lowest BCUT2D eigenvalue weighted by Crippen LogP contribution is -2.22. The number of carbonyl (C=O) groups excluding carboxylic acids is 1. The summed E-state index contributed by atoms with van der Waals surface area (Å²) in [6, 6.07) is 16.2. The molecule has 110 valence electrons. The molecule has 2 aromatic rings. The normalized spacial score (nSPS) is 11.8. The lowest BCUT2D eigenvalue weighted by molar-refractivity contribution is 0.0956. The first-order valence-electron chi connectivity index (χ1n) is 7.00. The second-order valence-corrected chi connectivity index (χ2v) is 6.10. The quantitative estimate of drug-likeness (QED) is 0.746. The lowest BCUT2D eigenvalue weighted by atomic mass is 10.1. The number of rotatable bonds is 5. The summed E-state index contributed by atoms with van der Waals surface area (Å²) in [6.45, 7) is 4.68. The molecule has 3 nitrogen and oxygen atoms in total. The highest BCUT2D eigenvalue weighted by Crippen LogP contribution is 2.20. The van der Waals surface area contributed by atoms with Crippen molar-refractivity contribution in [3.8, 4) is 0 Å². The third-order valence-corrected chi connectivity index (χ3v) is 3.96. The predicted octanol–water partition coefficient (Wildman–Crippen LogP) is 4.21. The average Bonchev–Trinajstić information content (AvgIpc) is 2.49. The molecule has 0 radical (unpaired) electrons. The highest BCUT2D eigenvalue weighted by Gasteiger charge is 2.07. The van der Waals surface area contributed by atoms with E-state index in [-0.39, 0.29) is 11.9 Å². The largest absolute Gasteiger partial charge is 0.379 e. The van der Waals surface area contributed by atoms with Crippen molar-refractivity contribution in [2.24, 2.45) is 0 Å². The molecule has 2 N–H and O–H groups in total. The van der Waals surface area contributed by atoms with Gasteiger partial charge in [0.05, 0.1) is 0 Å². The fraction of sp³-hybridized carbons (Fsp3) is 0.235. The molecule has 0 fully saturated rings. The van der Waals surface area contributed by atoms with Crippen LogP contribution in [0.2, 0.25) is 0 Å². The molecule has 0 spiro atoms. The molecule has 1 unspecified atom stereocenters. The Morgan fingerprint density at radius 2 is 1.71 bits per heavy atom. The predicted molar refractivity (Wildman–Crippen MR) is 95.6 cm³/mol. The highest BCUT2D eigenvalue weighted by molar-refractivity contribution is 14.1. The van der Waals surface area contributed by atoms with Crippen LogP contribution in [0, 0.1) is 3.57 Å². The number of halogens is 1. The fourth-order valence-electron chi connectivity index (χ4n) is 2.07. The lowest BCUT2D eigenvalue weighted by Gasteiger charge is -2.16. The van der Waals surface area contributed by atoms with E-state index in [0.29, 0.717) is 12.1 Å². The molecule has 1 atom stereocenters. The number of anilines is 1. The zero-order chi connectivity index (χ0) is 15.2. The number of carbonyl (C=O) groups is 1. The van der Waals surface area contributed by atoms with E-state index in [1.165, 1.54) is 9.13 Å². The van der Waals surface area contributed by atoms with Gasteiger partial charge in [0.25, 0.3) is 5.91 Å². The molecule has 0 saturated carbocycles. The molecule has 4 heteroatoms. The second kappa shape index (κ2) is 7.45. The number of benzene rings is 2. The molecule has 1 amide bonds. The van der Waals surface area contributed by atoms with E-state index in [1.807, 2.05) is 31.2 Å². The Labute approximate surface area is 139 Å². The van der Waals surface area contributed by atoms with Gasteiger partial charge in [0.15, 0.2) is 0 Å². The van der Waals surface area contributed by atoms with E-state index in [1.54, 1.807) is 0 Å². The maximum atomic E-state index is 11.7. The van der Waals surface area contributed by atoms with Crippen molar-refractivity contribution in [2.75, 3.05) is 11.9 Å². The third-order valence-electron chi connectivity index (χ3n) is 3.24. The van der Waals surface area contributed by atoms with Crippen LogP contribution in [0.1, 0.15) is 35.8 Å². The van der Waals surface area contributed by atoms with E-state index < -0.39 is 0 Å². The number of hydrogen-bond acceptors (Lipinski definition) is 2. The van der Waals surface area contributed by atoms with Crippen molar-refractivity contribution in [1.82, 2.24) is 5.32 Å². The molecule has 0 saturated heterocycles. The zero-order valence-corrected chi connectivity index (χ0v) is 14.3. The van der Waals surface area contributed by atoms with Crippen molar-refractivity contribution in [3.63, 3.8) is 0 Å². The Balaban J connectivity index is 2.02. The molecule has 0 bridgehead atoms. The summed E-state index contributed by atoms with van der Waals surface area (Å²) in [5.41, 5.74) is 2.93. The van der Waals surface area contributed by atoms with Gasteiger partial charge in [-0.05, 0) is 78.4 Å². The Morgan fingerprint density at radius 3 is 2.29 bits per heavy atom. The molecule has 0 aromatic heterocycles. The molecule has 0 heterocycles.